The van der Waals surface area contributed by atoms with Crippen LogP contribution in [0.1, 0.15) is 26.3 Å². The van der Waals surface area contributed by atoms with E-state index in [1.807, 2.05) is 20.8 Å². The molecule has 6 heteroatoms. The SMILES string of the molecule is CN(CC(=O)O)S(=O)(=O)c1ccc(C(C)(C)C)cc1. The van der Waals surface area contributed by atoms with Gasteiger partial charge in [0.15, 0.2) is 0 Å². The van der Waals surface area contributed by atoms with Crippen molar-refractivity contribution in [2.45, 2.75) is 31.1 Å². The van der Waals surface area contributed by atoms with Crippen LogP contribution < -0.4 is 0 Å². The summed E-state index contributed by atoms with van der Waals surface area (Å²) in [6.07, 6.45) is 0. The van der Waals surface area contributed by atoms with Gasteiger partial charge in [0.2, 0.25) is 10.0 Å². The molecule has 1 aromatic carbocycles. The average Bonchev–Trinajstić information content (AvgIpc) is 2.27. The molecule has 0 fully saturated rings. The second-order valence-electron chi connectivity index (χ2n) is 5.43. The van der Waals surface area contributed by atoms with Crippen molar-refractivity contribution in [1.82, 2.24) is 4.31 Å². The van der Waals surface area contributed by atoms with Gasteiger partial charge in [-0.25, -0.2) is 8.42 Å². The normalized spacial score (nSPS) is 12.7. The summed E-state index contributed by atoms with van der Waals surface area (Å²) in [5, 5.41) is 8.64. The Balaban J connectivity index is 3.07. The highest BCUT2D eigenvalue weighted by molar-refractivity contribution is 7.89. The fraction of sp³-hybridized carbons (Fsp3) is 0.462. The van der Waals surface area contributed by atoms with Crippen molar-refractivity contribution < 1.29 is 18.3 Å². The molecule has 0 atom stereocenters. The Bertz CT molecular complexity index is 555. The van der Waals surface area contributed by atoms with Gasteiger partial charge in [-0.3, -0.25) is 4.79 Å². The lowest BCUT2D eigenvalue weighted by Crippen LogP contribution is -2.32. The Labute approximate surface area is 113 Å². The van der Waals surface area contributed by atoms with Gasteiger partial charge in [-0.1, -0.05) is 32.9 Å². The quantitative estimate of drug-likeness (QED) is 0.913. The summed E-state index contributed by atoms with van der Waals surface area (Å²) in [5.74, 6) is -1.18. The number of carbonyl (C=O) groups is 1. The Morgan fingerprint density at radius 2 is 1.68 bits per heavy atom. The molecule has 0 amide bonds. The van der Waals surface area contributed by atoms with Crippen molar-refractivity contribution in [3.05, 3.63) is 29.8 Å². The molecule has 1 N–H and O–H groups in total. The highest BCUT2D eigenvalue weighted by atomic mass is 32.2. The van der Waals surface area contributed by atoms with Crippen LogP contribution >= 0.6 is 0 Å². The lowest BCUT2D eigenvalue weighted by atomic mass is 9.87. The second-order valence-corrected chi connectivity index (χ2v) is 7.47. The molecule has 0 bridgehead atoms. The molecule has 0 saturated carbocycles. The van der Waals surface area contributed by atoms with Gasteiger partial charge in [0.1, 0.15) is 6.54 Å². The van der Waals surface area contributed by atoms with Crippen LogP contribution in [0.5, 0.6) is 0 Å². The number of aliphatic carboxylic acids is 1. The number of rotatable bonds is 4. The topological polar surface area (TPSA) is 74.7 Å². The molecule has 0 heterocycles. The molecule has 1 aromatic rings. The van der Waals surface area contributed by atoms with E-state index in [1.165, 1.54) is 19.2 Å². The predicted octanol–water partition coefficient (Wildman–Crippen LogP) is 1.69. The summed E-state index contributed by atoms with van der Waals surface area (Å²) in [6.45, 7) is 5.55. The molecule has 0 aliphatic carbocycles. The first-order chi connectivity index (χ1) is 8.55. The molecular weight excluding hydrogens is 266 g/mol. The molecule has 106 valence electrons. The van der Waals surface area contributed by atoms with Crippen molar-refractivity contribution in [3.63, 3.8) is 0 Å². The number of carboxylic acid groups (broad SMARTS) is 1. The molecule has 0 radical (unpaired) electrons. The minimum atomic E-state index is -3.74. The minimum Gasteiger partial charge on any atom is -0.480 e. The zero-order valence-electron chi connectivity index (χ0n) is 11.5. The maximum Gasteiger partial charge on any atom is 0.318 e. The lowest BCUT2D eigenvalue weighted by Gasteiger charge is -2.20. The zero-order chi connectivity index (χ0) is 14.8. The zero-order valence-corrected chi connectivity index (χ0v) is 12.4. The standard InChI is InChI=1S/C13H19NO4S/c1-13(2,3)10-5-7-11(8-6-10)19(17,18)14(4)9-12(15)16/h5-8H,9H2,1-4H3,(H,15,16). The van der Waals surface area contributed by atoms with Crippen molar-refractivity contribution in [3.8, 4) is 0 Å². The van der Waals surface area contributed by atoms with E-state index in [0.29, 0.717) is 0 Å². The number of hydrogen-bond acceptors (Lipinski definition) is 3. The van der Waals surface area contributed by atoms with Gasteiger partial charge < -0.3 is 5.11 Å². The Morgan fingerprint density at radius 3 is 2.05 bits per heavy atom. The van der Waals surface area contributed by atoms with Gasteiger partial charge in [0.05, 0.1) is 4.90 Å². The summed E-state index contributed by atoms with van der Waals surface area (Å²) in [4.78, 5) is 10.7. The first-order valence-electron chi connectivity index (χ1n) is 5.84. The van der Waals surface area contributed by atoms with Crippen LogP contribution in [0.2, 0.25) is 0 Å². The summed E-state index contributed by atoms with van der Waals surface area (Å²) in [7, 11) is -2.49. The minimum absolute atomic E-state index is 0.0603. The van der Waals surface area contributed by atoms with E-state index in [1.54, 1.807) is 12.1 Å². The summed E-state index contributed by atoms with van der Waals surface area (Å²) in [6, 6.07) is 6.52. The van der Waals surface area contributed by atoms with Crippen molar-refractivity contribution >= 4 is 16.0 Å². The number of hydrogen-bond donors (Lipinski definition) is 1. The number of likely N-dealkylation sites (N-methyl/N-ethyl adjacent to an activating group) is 1. The summed E-state index contributed by atoms with van der Waals surface area (Å²) in [5.41, 5.74) is 0.960. The largest absolute Gasteiger partial charge is 0.480 e. The monoisotopic (exact) mass is 285 g/mol. The third kappa shape index (κ3) is 3.78. The van der Waals surface area contributed by atoms with Crippen LogP contribution in [0.15, 0.2) is 29.2 Å². The molecule has 0 spiro atoms. The maximum absolute atomic E-state index is 12.1. The van der Waals surface area contributed by atoms with Crippen LogP contribution in [-0.4, -0.2) is 37.4 Å². The van der Waals surface area contributed by atoms with Gasteiger partial charge in [0, 0.05) is 7.05 Å². The van der Waals surface area contributed by atoms with E-state index < -0.39 is 22.5 Å². The fourth-order valence-electron chi connectivity index (χ4n) is 1.58. The second kappa shape index (κ2) is 5.30. The number of benzene rings is 1. The van der Waals surface area contributed by atoms with Crippen LogP contribution in [0.3, 0.4) is 0 Å². The van der Waals surface area contributed by atoms with E-state index in [9.17, 15) is 13.2 Å². The molecule has 0 aliphatic heterocycles. The van der Waals surface area contributed by atoms with E-state index in [0.717, 1.165) is 9.87 Å². The Kier molecular flexibility index (Phi) is 4.37. The van der Waals surface area contributed by atoms with Gasteiger partial charge in [-0.15, -0.1) is 0 Å². The van der Waals surface area contributed by atoms with E-state index in [-0.39, 0.29) is 10.3 Å². The lowest BCUT2D eigenvalue weighted by molar-refractivity contribution is -0.137. The summed E-state index contributed by atoms with van der Waals surface area (Å²) < 4.78 is 25.0. The van der Waals surface area contributed by atoms with Gasteiger partial charge >= 0.3 is 5.97 Å². The third-order valence-corrected chi connectivity index (χ3v) is 4.60. The van der Waals surface area contributed by atoms with Gasteiger partial charge in [-0.05, 0) is 23.1 Å². The van der Waals surface area contributed by atoms with E-state index >= 15 is 0 Å². The van der Waals surface area contributed by atoms with Gasteiger partial charge in [-0.2, -0.15) is 4.31 Å². The fourth-order valence-corrected chi connectivity index (χ4v) is 2.70. The van der Waals surface area contributed by atoms with E-state index in [2.05, 4.69) is 0 Å². The van der Waals surface area contributed by atoms with Crippen molar-refractivity contribution in [2.24, 2.45) is 0 Å². The number of sulfonamides is 1. The van der Waals surface area contributed by atoms with Crippen LogP contribution in [0, 0.1) is 0 Å². The smallest absolute Gasteiger partial charge is 0.318 e. The van der Waals surface area contributed by atoms with Crippen molar-refractivity contribution in [2.75, 3.05) is 13.6 Å². The first kappa shape index (κ1) is 15.7. The highest BCUT2D eigenvalue weighted by Crippen LogP contribution is 2.24. The molecule has 19 heavy (non-hydrogen) atoms. The average molecular weight is 285 g/mol. The highest BCUT2D eigenvalue weighted by Gasteiger charge is 2.23. The molecule has 0 unspecified atom stereocenters. The van der Waals surface area contributed by atoms with Crippen LogP contribution in [0.4, 0.5) is 0 Å². The predicted molar refractivity (Wildman–Crippen MR) is 72.6 cm³/mol. The van der Waals surface area contributed by atoms with E-state index in [4.69, 9.17) is 5.11 Å². The van der Waals surface area contributed by atoms with Gasteiger partial charge in [0.25, 0.3) is 0 Å². The first-order valence-corrected chi connectivity index (χ1v) is 7.28. The van der Waals surface area contributed by atoms with Crippen LogP contribution in [-0.2, 0) is 20.2 Å². The third-order valence-electron chi connectivity index (χ3n) is 2.79. The van der Waals surface area contributed by atoms with Crippen LogP contribution in [0.25, 0.3) is 0 Å². The molecular formula is C13H19NO4S. The Hall–Kier alpha value is -1.40. The molecule has 0 saturated heterocycles. The summed E-state index contributed by atoms with van der Waals surface area (Å²) >= 11 is 0. The Morgan fingerprint density at radius 1 is 1.21 bits per heavy atom. The number of carboxylic acids is 1. The molecule has 0 aromatic heterocycles. The maximum atomic E-state index is 12.1. The number of nitrogens with zero attached hydrogens (tertiary/aromatic N) is 1. The molecule has 0 aliphatic rings. The van der Waals surface area contributed by atoms with Crippen molar-refractivity contribution in [1.29, 1.82) is 0 Å². The molecule has 1 rings (SSSR count). The molecule has 5 nitrogen and oxygen atoms in total.